The summed E-state index contributed by atoms with van der Waals surface area (Å²) in [4.78, 5) is 12.3. The Kier molecular flexibility index (Phi) is 7.20. The van der Waals surface area contributed by atoms with Gasteiger partial charge in [0, 0.05) is 32.5 Å². The van der Waals surface area contributed by atoms with E-state index >= 15 is 0 Å². The first-order valence-electron chi connectivity index (χ1n) is 9.93. The smallest absolute Gasteiger partial charge is 0.240 e. The molecule has 0 saturated carbocycles. The van der Waals surface area contributed by atoms with E-state index in [1.165, 1.54) is 5.56 Å². The van der Waals surface area contributed by atoms with E-state index in [0.717, 1.165) is 37.1 Å². The van der Waals surface area contributed by atoms with Gasteiger partial charge in [-0.1, -0.05) is 6.07 Å². The summed E-state index contributed by atoms with van der Waals surface area (Å²) in [5.74, 6) is 0.571. The Morgan fingerprint density at radius 1 is 1.24 bits per heavy atom. The van der Waals surface area contributed by atoms with E-state index in [1.54, 1.807) is 12.1 Å². The lowest BCUT2D eigenvalue weighted by atomic mass is 9.92. The van der Waals surface area contributed by atoms with Gasteiger partial charge in [-0.2, -0.15) is 5.10 Å². The van der Waals surface area contributed by atoms with E-state index < -0.39 is 10.0 Å². The fraction of sp³-hybridized carbons (Fsp3) is 0.526. The van der Waals surface area contributed by atoms with Gasteiger partial charge in [0.1, 0.15) is 5.82 Å². The van der Waals surface area contributed by atoms with Crippen LogP contribution in [0.2, 0.25) is 0 Å². The second-order valence-corrected chi connectivity index (χ2v) is 9.23. The average Bonchev–Trinajstić information content (AvgIpc) is 3.07. The highest BCUT2D eigenvalue weighted by Crippen LogP contribution is 2.23. The lowest BCUT2D eigenvalue weighted by Gasteiger charge is -2.16. The number of rotatable bonds is 9. The van der Waals surface area contributed by atoms with Gasteiger partial charge in [-0.15, -0.1) is 0 Å². The SMILES string of the molecule is CCn1c(CCNC(=O)CCNS(=O)(=O)c2ccc3c(c2)CCCC3)n[nH]c1=S. The zero-order valence-electron chi connectivity index (χ0n) is 16.5. The number of H-pyrrole nitrogens is 1. The first-order valence-corrected chi connectivity index (χ1v) is 11.8. The molecule has 8 nitrogen and oxygen atoms in total. The molecule has 0 aliphatic heterocycles. The molecule has 29 heavy (non-hydrogen) atoms. The third kappa shape index (κ3) is 5.52. The van der Waals surface area contributed by atoms with Crippen molar-refractivity contribution in [3.8, 4) is 0 Å². The Morgan fingerprint density at radius 3 is 2.76 bits per heavy atom. The second-order valence-electron chi connectivity index (χ2n) is 7.07. The minimum atomic E-state index is -3.62. The van der Waals surface area contributed by atoms with Gasteiger partial charge in [0.25, 0.3) is 0 Å². The Labute approximate surface area is 176 Å². The largest absolute Gasteiger partial charge is 0.356 e. The molecule has 158 valence electrons. The van der Waals surface area contributed by atoms with Crippen LogP contribution in [-0.2, 0) is 40.6 Å². The van der Waals surface area contributed by atoms with E-state index in [0.29, 0.717) is 24.3 Å². The summed E-state index contributed by atoms with van der Waals surface area (Å²) in [5.41, 5.74) is 2.35. The molecule has 0 fully saturated rings. The van der Waals surface area contributed by atoms with E-state index in [1.807, 2.05) is 17.6 Å². The molecule has 1 aromatic heterocycles. The fourth-order valence-electron chi connectivity index (χ4n) is 3.53. The van der Waals surface area contributed by atoms with Crippen LogP contribution in [0.15, 0.2) is 23.1 Å². The second kappa shape index (κ2) is 9.64. The van der Waals surface area contributed by atoms with Crippen molar-refractivity contribution < 1.29 is 13.2 Å². The van der Waals surface area contributed by atoms with Crippen LogP contribution in [0.25, 0.3) is 0 Å². The summed E-state index contributed by atoms with van der Waals surface area (Å²) in [6, 6.07) is 5.31. The fourth-order valence-corrected chi connectivity index (χ4v) is 4.89. The summed E-state index contributed by atoms with van der Waals surface area (Å²) in [6.45, 7) is 3.15. The molecule has 0 bridgehead atoms. The van der Waals surface area contributed by atoms with Crippen LogP contribution in [0.5, 0.6) is 0 Å². The maximum Gasteiger partial charge on any atom is 0.240 e. The number of carbonyl (C=O) groups excluding carboxylic acids is 1. The number of amides is 1. The third-order valence-electron chi connectivity index (χ3n) is 5.10. The van der Waals surface area contributed by atoms with E-state index in [4.69, 9.17) is 12.2 Å². The molecule has 1 aliphatic rings. The molecule has 2 aromatic rings. The monoisotopic (exact) mass is 437 g/mol. The van der Waals surface area contributed by atoms with Crippen LogP contribution in [0.3, 0.4) is 0 Å². The lowest BCUT2D eigenvalue weighted by molar-refractivity contribution is -0.120. The van der Waals surface area contributed by atoms with Crippen molar-refractivity contribution in [1.82, 2.24) is 24.8 Å². The molecule has 1 aliphatic carbocycles. The van der Waals surface area contributed by atoms with Crippen molar-refractivity contribution in [2.75, 3.05) is 13.1 Å². The molecule has 3 rings (SSSR count). The highest BCUT2D eigenvalue weighted by atomic mass is 32.2. The maximum atomic E-state index is 12.5. The number of hydrogen-bond donors (Lipinski definition) is 3. The first kappa shape index (κ1) is 21.7. The van der Waals surface area contributed by atoms with Gasteiger partial charge < -0.3 is 9.88 Å². The van der Waals surface area contributed by atoms with Crippen LogP contribution >= 0.6 is 12.2 Å². The Morgan fingerprint density at radius 2 is 2.00 bits per heavy atom. The number of aromatic nitrogens is 3. The number of aryl methyl sites for hydroxylation is 2. The van der Waals surface area contributed by atoms with E-state index in [-0.39, 0.29) is 23.8 Å². The van der Waals surface area contributed by atoms with Gasteiger partial charge in [0.2, 0.25) is 15.9 Å². The Hall–Kier alpha value is -2.04. The van der Waals surface area contributed by atoms with Crippen LogP contribution in [0.1, 0.15) is 43.1 Å². The van der Waals surface area contributed by atoms with Crippen molar-refractivity contribution in [2.24, 2.45) is 0 Å². The number of nitrogens with zero attached hydrogens (tertiary/aromatic N) is 2. The predicted molar refractivity (Wildman–Crippen MR) is 113 cm³/mol. The summed E-state index contributed by atoms with van der Waals surface area (Å²) < 4.78 is 30.0. The van der Waals surface area contributed by atoms with Gasteiger partial charge >= 0.3 is 0 Å². The average molecular weight is 438 g/mol. The molecule has 0 atom stereocenters. The van der Waals surface area contributed by atoms with Gasteiger partial charge in [-0.3, -0.25) is 9.89 Å². The topological polar surface area (TPSA) is 109 Å². The van der Waals surface area contributed by atoms with E-state index in [2.05, 4.69) is 20.2 Å². The number of carbonyl (C=O) groups is 1. The quantitative estimate of drug-likeness (QED) is 0.519. The van der Waals surface area contributed by atoms with Crippen molar-refractivity contribution in [3.63, 3.8) is 0 Å². The molecule has 0 radical (unpaired) electrons. The Balaban J connectivity index is 1.45. The highest BCUT2D eigenvalue weighted by Gasteiger charge is 2.17. The van der Waals surface area contributed by atoms with Gasteiger partial charge in [-0.05, 0) is 68.1 Å². The number of sulfonamides is 1. The summed E-state index contributed by atoms with van der Waals surface area (Å²) in [5, 5.41) is 9.67. The van der Waals surface area contributed by atoms with Crippen molar-refractivity contribution >= 4 is 28.1 Å². The van der Waals surface area contributed by atoms with Crippen LogP contribution < -0.4 is 10.0 Å². The lowest BCUT2D eigenvalue weighted by Crippen LogP contribution is -2.32. The van der Waals surface area contributed by atoms with Gasteiger partial charge in [0.05, 0.1) is 4.90 Å². The minimum absolute atomic E-state index is 0.0545. The molecule has 1 heterocycles. The van der Waals surface area contributed by atoms with Crippen molar-refractivity contribution in [3.05, 3.63) is 39.9 Å². The highest BCUT2D eigenvalue weighted by molar-refractivity contribution is 7.89. The zero-order chi connectivity index (χ0) is 20.9. The molecule has 1 aromatic carbocycles. The third-order valence-corrected chi connectivity index (χ3v) is 6.87. The molecule has 10 heteroatoms. The van der Waals surface area contributed by atoms with Crippen LogP contribution in [0, 0.1) is 4.77 Å². The molecular weight excluding hydrogens is 410 g/mol. The van der Waals surface area contributed by atoms with Gasteiger partial charge in [0.15, 0.2) is 4.77 Å². The molecular formula is C19H27N5O3S2. The number of benzene rings is 1. The maximum absolute atomic E-state index is 12.5. The molecule has 0 unspecified atom stereocenters. The predicted octanol–water partition coefficient (Wildman–Crippen LogP) is 1.87. The molecule has 0 spiro atoms. The number of hydrogen-bond acceptors (Lipinski definition) is 5. The molecule has 1 amide bonds. The molecule has 0 saturated heterocycles. The van der Waals surface area contributed by atoms with Gasteiger partial charge in [-0.25, -0.2) is 13.1 Å². The van der Waals surface area contributed by atoms with Crippen LogP contribution in [0.4, 0.5) is 0 Å². The van der Waals surface area contributed by atoms with E-state index in [9.17, 15) is 13.2 Å². The number of fused-ring (bicyclic) bond motifs is 1. The van der Waals surface area contributed by atoms with Crippen molar-refractivity contribution in [2.45, 2.75) is 56.9 Å². The van der Waals surface area contributed by atoms with Crippen molar-refractivity contribution in [1.29, 1.82) is 0 Å². The zero-order valence-corrected chi connectivity index (χ0v) is 18.2. The normalized spacial score (nSPS) is 13.8. The number of aromatic amines is 1. The summed E-state index contributed by atoms with van der Waals surface area (Å²) >= 11 is 5.13. The Bertz CT molecular complexity index is 1030. The molecule has 3 N–H and O–H groups in total. The summed E-state index contributed by atoms with van der Waals surface area (Å²) in [7, 11) is -3.62. The van der Waals surface area contributed by atoms with Crippen LogP contribution in [-0.4, -0.2) is 42.2 Å². The first-order chi connectivity index (χ1) is 13.9. The summed E-state index contributed by atoms with van der Waals surface area (Å²) in [6.07, 6.45) is 4.79. The minimum Gasteiger partial charge on any atom is -0.356 e. The number of nitrogens with one attached hydrogen (secondary N) is 3. The standard InChI is InChI=1S/C19H27N5O3S2/c1-2-24-17(22-23-19(24)28)9-11-20-18(25)10-12-21-29(26,27)16-8-7-14-5-3-4-6-15(14)13-16/h7-8,13,21H,2-6,9-12H2,1H3,(H,20,25)(H,23,28).